The summed E-state index contributed by atoms with van der Waals surface area (Å²) in [4.78, 5) is 19.4. The minimum Gasteiger partial charge on any atom is -0.267 e. The molecule has 0 saturated heterocycles. The molecule has 0 aromatic carbocycles. The minimum absolute atomic E-state index is 0.0182. The Morgan fingerprint density at radius 1 is 1.73 bits per heavy atom. The lowest BCUT2D eigenvalue weighted by Crippen LogP contribution is -2.30. The summed E-state index contributed by atoms with van der Waals surface area (Å²) in [5.74, 6) is 0. The first-order chi connectivity index (χ1) is 5.22. The summed E-state index contributed by atoms with van der Waals surface area (Å²) in [6.45, 7) is 1.87. The second-order valence-electron chi connectivity index (χ2n) is 2.18. The van der Waals surface area contributed by atoms with Gasteiger partial charge in [-0.1, -0.05) is 6.92 Å². The van der Waals surface area contributed by atoms with Crippen LogP contribution in [0, 0.1) is 15.0 Å². The molecule has 0 aromatic rings. The van der Waals surface area contributed by atoms with Crippen molar-refractivity contribution in [3.05, 3.63) is 15.0 Å². The molecule has 0 heterocycles. The van der Waals surface area contributed by atoms with Crippen LogP contribution in [-0.2, 0) is 0 Å². The van der Waals surface area contributed by atoms with Crippen LogP contribution in [0.15, 0.2) is 5.29 Å². The van der Waals surface area contributed by atoms with Crippen molar-refractivity contribution in [2.45, 2.75) is 25.8 Å². The van der Waals surface area contributed by atoms with Crippen molar-refractivity contribution in [2.75, 3.05) is 6.54 Å². The molecule has 1 N–H and O–H groups in total. The SMILES string of the molecule is CCCC(CNN=O)[N+](=O)[O-]. The van der Waals surface area contributed by atoms with Crippen LogP contribution < -0.4 is 5.43 Å². The molecular formula is C5H11N3O3. The van der Waals surface area contributed by atoms with E-state index >= 15 is 0 Å². The maximum atomic E-state index is 10.2. The fourth-order valence-corrected chi connectivity index (χ4v) is 0.758. The molecule has 64 valence electrons. The van der Waals surface area contributed by atoms with Crippen molar-refractivity contribution in [3.8, 4) is 0 Å². The smallest absolute Gasteiger partial charge is 0.231 e. The minimum atomic E-state index is -0.697. The molecule has 1 unspecified atom stereocenters. The topological polar surface area (TPSA) is 84.6 Å². The van der Waals surface area contributed by atoms with Gasteiger partial charge >= 0.3 is 0 Å². The second-order valence-corrected chi connectivity index (χ2v) is 2.18. The Bertz CT molecular complexity index is 139. The van der Waals surface area contributed by atoms with Crippen LogP contribution in [0.2, 0.25) is 0 Å². The Labute approximate surface area is 64.1 Å². The molecule has 6 nitrogen and oxygen atoms in total. The molecular weight excluding hydrogens is 150 g/mol. The van der Waals surface area contributed by atoms with E-state index < -0.39 is 11.0 Å². The van der Waals surface area contributed by atoms with Gasteiger partial charge in [-0.05, 0) is 6.42 Å². The summed E-state index contributed by atoms with van der Waals surface area (Å²) < 4.78 is 0. The van der Waals surface area contributed by atoms with E-state index in [4.69, 9.17) is 0 Å². The summed E-state index contributed by atoms with van der Waals surface area (Å²) in [5.41, 5.74) is 2.04. The maximum Gasteiger partial charge on any atom is 0.231 e. The van der Waals surface area contributed by atoms with Gasteiger partial charge in [-0.15, -0.1) is 4.91 Å². The van der Waals surface area contributed by atoms with Crippen molar-refractivity contribution in [1.29, 1.82) is 0 Å². The van der Waals surface area contributed by atoms with Crippen LogP contribution in [0.25, 0.3) is 0 Å². The highest BCUT2D eigenvalue weighted by Gasteiger charge is 2.17. The third-order valence-electron chi connectivity index (χ3n) is 1.31. The van der Waals surface area contributed by atoms with E-state index in [-0.39, 0.29) is 6.54 Å². The van der Waals surface area contributed by atoms with E-state index in [0.717, 1.165) is 6.42 Å². The van der Waals surface area contributed by atoms with Gasteiger partial charge in [0.1, 0.15) is 6.54 Å². The number of nitroso groups, excluding NO2 is 1. The van der Waals surface area contributed by atoms with Crippen LogP contribution >= 0.6 is 0 Å². The Morgan fingerprint density at radius 2 is 2.36 bits per heavy atom. The van der Waals surface area contributed by atoms with Crippen LogP contribution in [0.3, 0.4) is 0 Å². The number of hydrogen-bond donors (Lipinski definition) is 1. The molecule has 11 heavy (non-hydrogen) atoms. The first kappa shape index (κ1) is 9.80. The maximum absolute atomic E-state index is 10.2. The van der Waals surface area contributed by atoms with Gasteiger partial charge in [0.05, 0.1) is 0 Å². The van der Waals surface area contributed by atoms with E-state index in [1.807, 2.05) is 12.3 Å². The van der Waals surface area contributed by atoms with E-state index in [2.05, 4.69) is 5.29 Å². The lowest BCUT2D eigenvalue weighted by Gasteiger charge is -2.05. The van der Waals surface area contributed by atoms with Crippen molar-refractivity contribution in [3.63, 3.8) is 0 Å². The first-order valence-electron chi connectivity index (χ1n) is 3.41. The number of rotatable bonds is 6. The molecule has 0 fully saturated rings. The summed E-state index contributed by atoms with van der Waals surface area (Å²) in [6, 6.07) is -0.697. The fraction of sp³-hybridized carbons (Fsp3) is 1.00. The van der Waals surface area contributed by atoms with Crippen molar-refractivity contribution in [2.24, 2.45) is 5.29 Å². The van der Waals surface area contributed by atoms with Gasteiger partial charge in [0.25, 0.3) is 0 Å². The van der Waals surface area contributed by atoms with Crippen LogP contribution in [0.4, 0.5) is 0 Å². The van der Waals surface area contributed by atoms with E-state index in [9.17, 15) is 15.0 Å². The van der Waals surface area contributed by atoms with Gasteiger partial charge in [0, 0.05) is 16.6 Å². The molecule has 0 aromatic heterocycles. The Kier molecular flexibility index (Phi) is 4.97. The third-order valence-corrected chi connectivity index (χ3v) is 1.31. The molecule has 0 spiro atoms. The average Bonchev–Trinajstić information content (AvgIpc) is 1.97. The molecule has 0 radical (unpaired) electrons. The molecule has 0 aliphatic carbocycles. The van der Waals surface area contributed by atoms with Crippen LogP contribution in [0.1, 0.15) is 19.8 Å². The number of nitro groups is 1. The van der Waals surface area contributed by atoms with Gasteiger partial charge < -0.3 is 0 Å². The summed E-state index contributed by atoms with van der Waals surface area (Å²) in [5, 5.41) is 12.6. The predicted octanol–water partition coefficient (Wildman–Crippen LogP) is 0.703. The lowest BCUT2D eigenvalue weighted by molar-refractivity contribution is -0.521. The number of nitrogens with zero attached hydrogens (tertiary/aromatic N) is 2. The van der Waals surface area contributed by atoms with E-state index in [0.29, 0.717) is 6.42 Å². The molecule has 1 atom stereocenters. The van der Waals surface area contributed by atoms with E-state index in [1.165, 1.54) is 0 Å². The molecule has 0 aliphatic rings. The fourth-order valence-electron chi connectivity index (χ4n) is 0.758. The van der Waals surface area contributed by atoms with Gasteiger partial charge in [0.2, 0.25) is 6.04 Å². The van der Waals surface area contributed by atoms with Gasteiger partial charge in [-0.2, -0.15) is 0 Å². The largest absolute Gasteiger partial charge is 0.267 e. The van der Waals surface area contributed by atoms with Crippen LogP contribution in [-0.4, -0.2) is 17.5 Å². The number of hydrogen-bond acceptors (Lipinski definition) is 4. The highest BCUT2D eigenvalue weighted by atomic mass is 16.6. The highest BCUT2D eigenvalue weighted by Crippen LogP contribution is 1.98. The normalized spacial score (nSPS) is 12.1. The zero-order valence-electron chi connectivity index (χ0n) is 6.32. The standard InChI is InChI=1S/C5H11N3O3/c1-2-3-5(8(10)11)4-6-7-9/h5H,2-4H2,1H3,(H,6,9). The van der Waals surface area contributed by atoms with Crippen molar-refractivity contribution in [1.82, 2.24) is 5.43 Å². The lowest BCUT2D eigenvalue weighted by atomic mass is 10.2. The quantitative estimate of drug-likeness (QED) is 0.353. The zero-order valence-corrected chi connectivity index (χ0v) is 6.32. The molecule has 0 saturated carbocycles. The zero-order chi connectivity index (χ0) is 8.69. The molecule has 0 rings (SSSR count). The van der Waals surface area contributed by atoms with E-state index in [1.54, 1.807) is 0 Å². The van der Waals surface area contributed by atoms with Crippen molar-refractivity contribution >= 4 is 0 Å². The summed E-state index contributed by atoms with van der Waals surface area (Å²) in [7, 11) is 0. The monoisotopic (exact) mass is 161 g/mol. The molecule has 0 amide bonds. The average molecular weight is 161 g/mol. The summed E-state index contributed by atoms with van der Waals surface area (Å²) in [6.07, 6.45) is 1.20. The van der Waals surface area contributed by atoms with Gasteiger partial charge in [-0.25, -0.2) is 0 Å². The highest BCUT2D eigenvalue weighted by molar-refractivity contribution is 4.57. The van der Waals surface area contributed by atoms with Gasteiger partial charge in [-0.3, -0.25) is 15.5 Å². The Hall–Kier alpha value is -1.20. The van der Waals surface area contributed by atoms with Crippen molar-refractivity contribution < 1.29 is 4.92 Å². The predicted molar refractivity (Wildman–Crippen MR) is 39.5 cm³/mol. The second kappa shape index (κ2) is 5.57. The van der Waals surface area contributed by atoms with Crippen LogP contribution in [0.5, 0.6) is 0 Å². The van der Waals surface area contributed by atoms with Gasteiger partial charge in [0.15, 0.2) is 0 Å². The molecule has 6 heteroatoms. The molecule has 0 bridgehead atoms. The third kappa shape index (κ3) is 4.24. The number of nitrogens with one attached hydrogen (secondary N) is 1. The molecule has 0 aliphatic heterocycles. The Morgan fingerprint density at radius 3 is 2.73 bits per heavy atom. The first-order valence-corrected chi connectivity index (χ1v) is 3.41. The Balaban J connectivity index is 3.68. The summed E-state index contributed by atoms with van der Waals surface area (Å²) >= 11 is 0.